The van der Waals surface area contributed by atoms with Crippen LogP contribution in [0.4, 0.5) is 0 Å². The number of carbonyl (C=O) groups is 2. The van der Waals surface area contributed by atoms with Gasteiger partial charge in [0.2, 0.25) is 11.8 Å². The van der Waals surface area contributed by atoms with Gasteiger partial charge in [0, 0.05) is 6.54 Å². The largest absolute Gasteiger partial charge is 0.343 e. The van der Waals surface area contributed by atoms with Crippen LogP contribution < -0.4 is 5.32 Å². The molecule has 2 amide bonds. The van der Waals surface area contributed by atoms with Gasteiger partial charge in [-0.05, 0) is 31.3 Å². The van der Waals surface area contributed by atoms with Crippen molar-refractivity contribution in [2.24, 2.45) is 0 Å². The molecular weight excluding hydrogens is 236 g/mol. The minimum absolute atomic E-state index is 0.0282. The van der Waals surface area contributed by atoms with Gasteiger partial charge >= 0.3 is 0 Å². The molecule has 1 aliphatic heterocycles. The van der Waals surface area contributed by atoms with Gasteiger partial charge in [0.25, 0.3) is 0 Å². The second kappa shape index (κ2) is 6.89. The normalized spacial score (nSPS) is 25.0. The molecule has 1 saturated heterocycles. The molecule has 1 aliphatic rings. The molecule has 2 atom stereocenters. The summed E-state index contributed by atoms with van der Waals surface area (Å²) in [4.78, 5) is 25.5. The van der Waals surface area contributed by atoms with Gasteiger partial charge in [-0.25, -0.2) is 0 Å². The van der Waals surface area contributed by atoms with Crippen LogP contribution in [-0.4, -0.2) is 46.8 Å². The second-order valence-corrected chi connectivity index (χ2v) is 5.62. The van der Waals surface area contributed by atoms with E-state index >= 15 is 0 Å². The zero-order valence-electron chi connectivity index (χ0n) is 10.9. The average molecular weight is 258 g/mol. The van der Waals surface area contributed by atoms with Gasteiger partial charge in [0.15, 0.2) is 0 Å². The van der Waals surface area contributed by atoms with E-state index in [1.807, 2.05) is 18.7 Å². The minimum Gasteiger partial charge on any atom is -0.343 e. The zero-order valence-corrected chi connectivity index (χ0v) is 11.7. The fourth-order valence-electron chi connectivity index (χ4n) is 1.95. The maximum absolute atomic E-state index is 12.1. The third-order valence-corrected chi connectivity index (χ3v) is 4.03. The molecule has 1 heterocycles. The highest BCUT2D eigenvalue weighted by atomic mass is 32.2. The summed E-state index contributed by atoms with van der Waals surface area (Å²) in [5, 5.41) is 2.76. The predicted molar refractivity (Wildman–Crippen MR) is 71.0 cm³/mol. The predicted octanol–water partition coefficient (Wildman–Crippen LogP) is 1.26. The molecule has 0 spiro atoms. The minimum atomic E-state index is -0.322. The van der Waals surface area contributed by atoms with Crippen molar-refractivity contribution in [1.29, 1.82) is 0 Å². The first-order valence-electron chi connectivity index (χ1n) is 6.30. The Hall–Kier alpha value is -0.710. The molecule has 5 heteroatoms. The topological polar surface area (TPSA) is 49.4 Å². The zero-order chi connectivity index (χ0) is 12.8. The molecule has 98 valence electrons. The number of carbonyl (C=O) groups excluding carboxylic acids is 2. The number of hydrogen-bond donors (Lipinski definition) is 1. The van der Waals surface area contributed by atoms with E-state index in [2.05, 4.69) is 12.2 Å². The first-order chi connectivity index (χ1) is 8.11. The number of hydrogen-bond acceptors (Lipinski definition) is 3. The summed E-state index contributed by atoms with van der Waals surface area (Å²) in [6, 6.07) is -0.644. The van der Waals surface area contributed by atoms with Crippen molar-refractivity contribution in [3.8, 4) is 0 Å². The Labute approximate surface area is 108 Å². The van der Waals surface area contributed by atoms with Crippen LogP contribution >= 0.6 is 11.8 Å². The van der Waals surface area contributed by atoms with Crippen molar-refractivity contribution in [2.45, 2.75) is 45.7 Å². The molecule has 0 saturated carbocycles. The van der Waals surface area contributed by atoms with Gasteiger partial charge in [0.1, 0.15) is 12.1 Å². The lowest BCUT2D eigenvalue weighted by Gasteiger charge is -2.37. The van der Waals surface area contributed by atoms with E-state index in [-0.39, 0.29) is 23.9 Å². The van der Waals surface area contributed by atoms with Crippen LogP contribution in [0.1, 0.15) is 33.6 Å². The van der Waals surface area contributed by atoms with Crippen molar-refractivity contribution in [1.82, 2.24) is 10.2 Å². The fourth-order valence-corrected chi connectivity index (χ4v) is 2.57. The van der Waals surface area contributed by atoms with Gasteiger partial charge in [-0.15, -0.1) is 0 Å². The Morgan fingerprint density at radius 3 is 2.65 bits per heavy atom. The molecule has 1 N–H and O–H groups in total. The van der Waals surface area contributed by atoms with Crippen molar-refractivity contribution < 1.29 is 9.59 Å². The summed E-state index contributed by atoms with van der Waals surface area (Å²) >= 11 is 1.87. The number of rotatable bonds is 6. The van der Waals surface area contributed by atoms with Gasteiger partial charge in [-0.1, -0.05) is 13.8 Å². The van der Waals surface area contributed by atoms with Gasteiger partial charge in [0.05, 0.1) is 0 Å². The number of piperazine rings is 1. The van der Waals surface area contributed by atoms with Crippen LogP contribution in [0.2, 0.25) is 0 Å². The summed E-state index contributed by atoms with van der Waals surface area (Å²) in [5.74, 6) is 2.19. The highest BCUT2D eigenvalue weighted by Crippen LogP contribution is 2.13. The summed E-state index contributed by atoms with van der Waals surface area (Å²) in [6.45, 7) is 6.53. The maximum atomic E-state index is 12.1. The third-order valence-electron chi connectivity index (χ3n) is 3.04. The van der Waals surface area contributed by atoms with Crippen molar-refractivity contribution in [3.05, 3.63) is 0 Å². The highest BCUT2D eigenvalue weighted by molar-refractivity contribution is 7.99. The first kappa shape index (κ1) is 14.4. The monoisotopic (exact) mass is 258 g/mol. The summed E-state index contributed by atoms with van der Waals surface area (Å²) in [6.07, 6.45) is 1.62. The first-order valence-corrected chi connectivity index (χ1v) is 7.45. The average Bonchev–Trinajstić information content (AvgIpc) is 2.33. The molecule has 0 aromatic heterocycles. The molecule has 2 unspecified atom stereocenters. The third kappa shape index (κ3) is 3.63. The maximum Gasteiger partial charge on any atom is 0.245 e. The van der Waals surface area contributed by atoms with Crippen LogP contribution in [0.15, 0.2) is 0 Å². The molecule has 0 aromatic rings. The van der Waals surface area contributed by atoms with E-state index < -0.39 is 0 Å². The van der Waals surface area contributed by atoms with Crippen molar-refractivity contribution in [2.75, 3.05) is 18.1 Å². The van der Waals surface area contributed by atoms with Gasteiger partial charge in [-0.2, -0.15) is 11.8 Å². The summed E-state index contributed by atoms with van der Waals surface area (Å²) in [7, 11) is 0. The molecule has 0 bridgehead atoms. The Balaban J connectivity index is 2.53. The molecule has 0 aliphatic carbocycles. The van der Waals surface area contributed by atoms with Crippen LogP contribution in [-0.2, 0) is 9.59 Å². The number of amides is 2. The van der Waals surface area contributed by atoms with E-state index in [4.69, 9.17) is 0 Å². The Kier molecular flexibility index (Phi) is 5.82. The molecular formula is C12H22N2O2S. The van der Waals surface area contributed by atoms with E-state index in [1.165, 1.54) is 0 Å². The van der Waals surface area contributed by atoms with Crippen LogP contribution in [0, 0.1) is 0 Å². The van der Waals surface area contributed by atoms with E-state index in [1.54, 1.807) is 11.8 Å². The number of nitrogens with one attached hydrogen (secondary N) is 1. The van der Waals surface area contributed by atoms with E-state index in [0.717, 1.165) is 17.9 Å². The molecule has 4 nitrogen and oxygen atoms in total. The SMILES string of the molecule is CCSCCCN1C(=O)C(CC)NC(=O)C1C. The number of thioether (sulfide) groups is 1. The number of nitrogens with zero attached hydrogens (tertiary/aromatic N) is 1. The second-order valence-electron chi connectivity index (χ2n) is 4.23. The molecule has 1 fully saturated rings. The van der Waals surface area contributed by atoms with Gasteiger partial charge < -0.3 is 10.2 Å². The summed E-state index contributed by atoms with van der Waals surface area (Å²) < 4.78 is 0. The Bertz CT molecular complexity index is 284. The fraction of sp³-hybridized carbons (Fsp3) is 0.833. The van der Waals surface area contributed by atoms with Crippen LogP contribution in [0.3, 0.4) is 0 Å². The lowest BCUT2D eigenvalue weighted by molar-refractivity contribution is -0.148. The summed E-state index contributed by atoms with van der Waals surface area (Å²) in [5.41, 5.74) is 0. The smallest absolute Gasteiger partial charge is 0.245 e. The van der Waals surface area contributed by atoms with Gasteiger partial charge in [-0.3, -0.25) is 9.59 Å². The lowest BCUT2D eigenvalue weighted by Crippen LogP contribution is -2.62. The van der Waals surface area contributed by atoms with E-state index in [0.29, 0.717) is 13.0 Å². The Morgan fingerprint density at radius 1 is 1.35 bits per heavy atom. The standard InChI is InChI=1S/C12H22N2O2S/c1-4-10-12(16)14(7-6-8-17-5-2)9(3)11(15)13-10/h9-10H,4-8H2,1-3H3,(H,13,15). The molecule has 17 heavy (non-hydrogen) atoms. The van der Waals surface area contributed by atoms with E-state index in [9.17, 15) is 9.59 Å². The lowest BCUT2D eigenvalue weighted by atomic mass is 10.1. The molecule has 1 rings (SSSR count). The molecule has 0 aromatic carbocycles. The van der Waals surface area contributed by atoms with Crippen molar-refractivity contribution in [3.63, 3.8) is 0 Å². The highest BCUT2D eigenvalue weighted by Gasteiger charge is 2.36. The van der Waals surface area contributed by atoms with Crippen LogP contribution in [0.25, 0.3) is 0 Å². The molecule has 0 radical (unpaired) electrons. The van der Waals surface area contributed by atoms with Crippen LogP contribution in [0.5, 0.6) is 0 Å². The quantitative estimate of drug-likeness (QED) is 0.730. The Morgan fingerprint density at radius 2 is 2.06 bits per heavy atom. The van der Waals surface area contributed by atoms with Crippen molar-refractivity contribution >= 4 is 23.6 Å².